The van der Waals surface area contributed by atoms with Gasteiger partial charge >= 0.3 is 20.9 Å². The lowest BCUT2D eigenvalue weighted by Gasteiger charge is -2.28. The molecule has 2 fully saturated rings. The van der Waals surface area contributed by atoms with E-state index in [0.717, 1.165) is 0 Å². The van der Waals surface area contributed by atoms with Gasteiger partial charge in [0.1, 0.15) is 48.2 Å². The SMILES string of the molecule is CC[C@H]1O[C@@H](n2ccc(N)nc2=O)[C@@H](OC)C1OP(C)(=O)OC[C@H]1O[C@@H](n2cnc3c(N)ncnc32)[C@@H](OC)C1OP(C)(=O)OC. The second kappa shape index (κ2) is 13.7. The van der Waals surface area contributed by atoms with E-state index in [-0.39, 0.29) is 18.2 Å². The Morgan fingerprint density at radius 3 is 2.15 bits per heavy atom. The second-order valence-electron chi connectivity index (χ2n) is 10.7. The first kappa shape index (κ1) is 34.5. The number of nitrogens with zero attached hydrogens (tertiary/aromatic N) is 6. The number of hydrogen-bond acceptors (Lipinski definition) is 17. The maximum Gasteiger partial charge on any atom is 0.351 e. The number of imidazole rings is 1. The van der Waals surface area contributed by atoms with Crippen LogP contribution in [0.15, 0.2) is 29.7 Å². The van der Waals surface area contributed by atoms with Gasteiger partial charge in [-0.25, -0.2) is 19.7 Å². The predicted octanol–water partition coefficient (Wildman–Crippen LogP) is 1.56. The maximum absolute atomic E-state index is 13.8. The number of nitrogens with two attached hydrogens (primary N) is 2. The molecule has 2 aliphatic heterocycles. The molecule has 0 amide bonds. The van der Waals surface area contributed by atoms with Gasteiger partial charge in [-0.1, -0.05) is 6.92 Å². The standard InChI is InChI=1S/C25H38N8O11P2/c1-7-13-17(19(37-2)23(41-13)32-9-8-15(26)31-25(32)34)44-46(6,36)40-10-14-18(43-45(5,35)39-4)20(38-3)24(42-14)33-12-30-16-21(27)28-11-29-22(16)33/h8-9,11-14,17-20,23-24H,7,10H2,1-6H3,(H2,26,31,34)(H2,27,28,29)/t13-,14-,17?,18?,19+,20+,23-,24-,45?,46?/m1/s1. The summed E-state index contributed by atoms with van der Waals surface area (Å²) in [7, 11) is -3.37. The Morgan fingerprint density at radius 1 is 0.891 bits per heavy atom. The lowest BCUT2D eigenvalue weighted by molar-refractivity contribution is -0.0592. The van der Waals surface area contributed by atoms with Crippen LogP contribution >= 0.6 is 15.2 Å². The molecule has 0 radical (unpaired) electrons. The molecule has 21 heteroatoms. The van der Waals surface area contributed by atoms with Gasteiger partial charge in [-0.05, 0) is 12.5 Å². The van der Waals surface area contributed by atoms with Crippen LogP contribution in [0, 0.1) is 0 Å². The van der Waals surface area contributed by atoms with Gasteiger partial charge < -0.3 is 39.5 Å². The molecular weight excluding hydrogens is 650 g/mol. The first-order chi connectivity index (χ1) is 21.8. The second-order valence-corrected chi connectivity index (χ2v) is 14.9. The van der Waals surface area contributed by atoms with Crippen LogP contribution in [0.4, 0.5) is 11.6 Å². The molecule has 2 saturated heterocycles. The van der Waals surface area contributed by atoms with Gasteiger partial charge in [0.2, 0.25) is 0 Å². The minimum Gasteiger partial charge on any atom is -0.383 e. The maximum atomic E-state index is 13.8. The van der Waals surface area contributed by atoms with Gasteiger partial charge in [0.15, 0.2) is 23.9 Å². The summed E-state index contributed by atoms with van der Waals surface area (Å²) in [5.41, 5.74) is 11.7. The van der Waals surface area contributed by atoms with Crippen molar-refractivity contribution in [2.45, 2.75) is 62.4 Å². The van der Waals surface area contributed by atoms with Gasteiger partial charge in [0, 0.05) is 40.9 Å². The zero-order chi connectivity index (χ0) is 33.4. The molecule has 10 atom stereocenters. The van der Waals surface area contributed by atoms with Gasteiger partial charge in [0.25, 0.3) is 0 Å². The van der Waals surface area contributed by atoms with Crippen LogP contribution in [-0.2, 0) is 46.2 Å². The molecule has 46 heavy (non-hydrogen) atoms. The molecule has 5 heterocycles. The van der Waals surface area contributed by atoms with Crippen molar-refractivity contribution in [3.63, 3.8) is 0 Å². The number of hydrogen-bond donors (Lipinski definition) is 2. The predicted molar refractivity (Wildman–Crippen MR) is 162 cm³/mol. The third-order valence-electron chi connectivity index (χ3n) is 7.74. The Balaban J connectivity index is 1.37. The highest BCUT2D eigenvalue weighted by atomic mass is 31.2. The van der Waals surface area contributed by atoms with Crippen LogP contribution in [-0.4, -0.2) is 107 Å². The van der Waals surface area contributed by atoms with Crippen molar-refractivity contribution in [2.24, 2.45) is 0 Å². The van der Waals surface area contributed by atoms with Gasteiger partial charge in [0.05, 0.1) is 19.0 Å². The molecule has 5 rings (SSSR count). The Hall–Kier alpha value is -2.83. The summed E-state index contributed by atoms with van der Waals surface area (Å²) in [6.07, 6.45) is -2.49. The van der Waals surface area contributed by atoms with E-state index < -0.39 is 70.0 Å². The molecule has 0 saturated carbocycles. The van der Waals surface area contributed by atoms with E-state index >= 15 is 0 Å². The average Bonchev–Trinajstić information content (AvgIpc) is 3.69. The van der Waals surface area contributed by atoms with Crippen LogP contribution in [0.2, 0.25) is 0 Å². The van der Waals surface area contributed by atoms with Crippen molar-refractivity contribution < 1.29 is 46.2 Å². The molecular formula is C25H38N8O11P2. The minimum absolute atomic E-state index is 0.0532. The highest BCUT2D eigenvalue weighted by Gasteiger charge is 2.52. The number of methoxy groups -OCH3 is 2. The topological polar surface area (TPSA) is 239 Å². The zero-order valence-electron chi connectivity index (χ0n) is 26.1. The summed E-state index contributed by atoms with van der Waals surface area (Å²) in [4.78, 5) is 28.8. The van der Waals surface area contributed by atoms with Crippen LogP contribution < -0.4 is 17.2 Å². The normalized spacial score (nSPS) is 30.8. The third kappa shape index (κ3) is 6.89. The van der Waals surface area contributed by atoms with Crippen molar-refractivity contribution >= 4 is 38.0 Å². The molecule has 4 N–H and O–H groups in total. The number of fused-ring (bicyclic) bond motifs is 1. The number of aromatic nitrogens is 6. The summed E-state index contributed by atoms with van der Waals surface area (Å²) in [5, 5.41) is 0. The average molecular weight is 689 g/mol. The van der Waals surface area contributed by atoms with Crippen molar-refractivity contribution in [1.82, 2.24) is 29.1 Å². The van der Waals surface area contributed by atoms with Crippen molar-refractivity contribution in [3.05, 3.63) is 35.4 Å². The van der Waals surface area contributed by atoms with Crippen LogP contribution in [0.25, 0.3) is 11.2 Å². The van der Waals surface area contributed by atoms with Crippen LogP contribution in [0.3, 0.4) is 0 Å². The molecule has 4 unspecified atom stereocenters. The fourth-order valence-corrected chi connectivity index (χ4v) is 7.44. The number of rotatable bonds is 13. The van der Waals surface area contributed by atoms with Gasteiger partial charge in [-0.3, -0.25) is 27.3 Å². The lowest BCUT2D eigenvalue weighted by Crippen LogP contribution is -2.38. The van der Waals surface area contributed by atoms with E-state index in [4.69, 9.17) is 48.5 Å². The highest BCUT2D eigenvalue weighted by Crippen LogP contribution is 2.52. The van der Waals surface area contributed by atoms with Crippen LogP contribution in [0.1, 0.15) is 25.8 Å². The molecule has 254 valence electrons. The summed E-state index contributed by atoms with van der Waals surface area (Å²) < 4.78 is 76.2. The largest absolute Gasteiger partial charge is 0.383 e. The third-order valence-corrected chi connectivity index (χ3v) is 10.3. The Bertz CT molecular complexity index is 1690. The smallest absolute Gasteiger partial charge is 0.351 e. The summed E-state index contributed by atoms with van der Waals surface area (Å²) in [5.74, 6) is 0.220. The molecule has 19 nitrogen and oxygen atoms in total. The minimum atomic E-state index is -3.89. The lowest BCUT2D eigenvalue weighted by atomic mass is 10.1. The number of ether oxygens (including phenoxy) is 4. The first-order valence-corrected chi connectivity index (χ1v) is 18.2. The zero-order valence-corrected chi connectivity index (χ0v) is 27.9. The molecule has 0 aliphatic carbocycles. The number of anilines is 2. The van der Waals surface area contributed by atoms with Gasteiger partial charge in [-0.2, -0.15) is 4.98 Å². The molecule has 3 aromatic rings. The summed E-state index contributed by atoms with van der Waals surface area (Å²) >= 11 is 0. The fourth-order valence-electron chi connectivity index (χ4n) is 5.48. The van der Waals surface area contributed by atoms with E-state index in [1.54, 1.807) is 4.57 Å². The Morgan fingerprint density at radius 2 is 1.52 bits per heavy atom. The molecule has 0 aromatic carbocycles. The molecule has 0 bridgehead atoms. The fraction of sp³-hybridized carbons (Fsp3) is 0.640. The van der Waals surface area contributed by atoms with Crippen molar-refractivity contribution in [2.75, 3.05) is 52.7 Å². The quantitative estimate of drug-likeness (QED) is 0.242. The summed E-state index contributed by atoms with van der Waals surface area (Å²) in [6, 6.07) is 1.45. The van der Waals surface area contributed by atoms with Crippen LogP contribution in [0.5, 0.6) is 0 Å². The monoisotopic (exact) mass is 688 g/mol. The van der Waals surface area contributed by atoms with E-state index in [0.29, 0.717) is 17.6 Å². The molecule has 0 spiro atoms. The van der Waals surface area contributed by atoms with Crippen molar-refractivity contribution in [1.29, 1.82) is 0 Å². The van der Waals surface area contributed by atoms with E-state index in [9.17, 15) is 13.9 Å². The van der Waals surface area contributed by atoms with E-state index in [1.165, 1.54) is 64.1 Å². The van der Waals surface area contributed by atoms with Gasteiger partial charge in [-0.15, -0.1) is 0 Å². The van der Waals surface area contributed by atoms with Crippen molar-refractivity contribution in [3.8, 4) is 0 Å². The molecule has 3 aromatic heterocycles. The van der Waals surface area contributed by atoms with E-state index in [2.05, 4.69) is 19.9 Å². The highest BCUT2D eigenvalue weighted by molar-refractivity contribution is 7.53. The summed E-state index contributed by atoms with van der Waals surface area (Å²) in [6.45, 7) is 4.09. The Kier molecular flexibility index (Phi) is 10.3. The first-order valence-electron chi connectivity index (χ1n) is 14.2. The Labute approximate surface area is 263 Å². The number of nitrogen functional groups attached to an aromatic ring is 2. The molecule has 2 aliphatic rings. The van der Waals surface area contributed by atoms with E-state index in [1.807, 2.05) is 6.92 Å².